The molecule has 2 aromatic rings. The van der Waals surface area contributed by atoms with Crippen LogP contribution in [0.3, 0.4) is 0 Å². The molecule has 5 heteroatoms. The molecule has 1 fully saturated rings. The van der Waals surface area contributed by atoms with E-state index in [0.29, 0.717) is 6.61 Å². The first-order chi connectivity index (χ1) is 12.1. The molecule has 2 heterocycles. The van der Waals surface area contributed by atoms with E-state index in [1.807, 2.05) is 17.0 Å². The maximum atomic E-state index is 12.2. The number of amides is 1. The molecule has 2 aliphatic rings. The van der Waals surface area contributed by atoms with Gasteiger partial charge in [-0.1, -0.05) is 35.9 Å². The molecule has 0 N–H and O–H groups in total. The second kappa shape index (κ2) is 6.70. The highest BCUT2D eigenvalue weighted by Crippen LogP contribution is 2.32. The lowest BCUT2D eigenvalue weighted by Gasteiger charge is -2.32. The van der Waals surface area contributed by atoms with Crippen LogP contribution >= 0.6 is 11.6 Å². The quantitative estimate of drug-likeness (QED) is 0.800. The number of hydrogen-bond donors (Lipinski definition) is 0. The molecule has 4 rings (SSSR count). The molecule has 0 radical (unpaired) electrons. The molecular formula is C20H21ClN2O2. The summed E-state index contributed by atoms with van der Waals surface area (Å²) < 4.78 is 5.33. The highest BCUT2D eigenvalue weighted by molar-refractivity contribution is 6.30. The largest absolute Gasteiger partial charge is 0.447 e. The standard InChI is InChI=1S/C20H21ClN2O2/c1-14-2-5-16-12-22(11-15-3-6-17(21)7-4-15)9-8-18-13-25-20(24)23(18)19(16)10-14/h2-7,10,18H,8-9,11-13H2,1H3/t18-/m0/s1. The molecule has 0 unspecified atom stereocenters. The Labute approximate surface area is 152 Å². The molecule has 0 saturated carbocycles. The van der Waals surface area contributed by atoms with Crippen LogP contribution in [0, 0.1) is 6.92 Å². The van der Waals surface area contributed by atoms with Crippen molar-refractivity contribution in [1.82, 2.24) is 4.90 Å². The Morgan fingerprint density at radius 3 is 2.80 bits per heavy atom. The average molecular weight is 357 g/mol. The summed E-state index contributed by atoms with van der Waals surface area (Å²) in [4.78, 5) is 16.5. The predicted octanol–water partition coefficient (Wildman–Crippen LogP) is 4.38. The lowest BCUT2D eigenvalue weighted by molar-refractivity contribution is 0.177. The van der Waals surface area contributed by atoms with Gasteiger partial charge in [0, 0.05) is 24.7 Å². The average Bonchev–Trinajstić information content (AvgIpc) is 2.94. The first-order valence-corrected chi connectivity index (χ1v) is 9.00. The molecule has 4 nitrogen and oxygen atoms in total. The van der Waals surface area contributed by atoms with Crippen molar-refractivity contribution in [2.45, 2.75) is 32.5 Å². The van der Waals surface area contributed by atoms with Gasteiger partial charge in [-0.15, -0.1) is 0 Å². The Bertz CT molecular complexity index is 791. The molecule has 0 bridgehead atoms. The van der Waals surface area contributed by atoms with Gasteiger partial charge in [-0.05, 0) is 48.2 Å². The highest BCUT2D eigenvalue weighted by atomic mass is 35.5. The van der Waals surface area contributed by atoms with Gasteiger partial charge in [-0.2, -0.15) is 0 Å². The monoisotopic (exact) mass is 356 g/mol. The van der Waals surface area contributed by atoms with Gasteiger partial charge in [0.1, 0.15) is 6.61 Å². The van der Waals surface area contributed by atoms with Crippen molar-refractivity contribution >= 4 is 23.4 Å². The number of nitrogens with zero attached hydrogens (tertiary/aromatic N) is 2. The molecule has 1 saturated heterocycles. The maximum absolute atomic E-state index is 12.2. The Balaban J connectivity index is 1.64. The molecule has 0 spiro atoms. The van der Waals surface area contributed by atoms with Gasteiger partial charge in [0.2, 0.25) is 0 Å². The van der Waals surface area contributed by atoms with Crippen LogP contribution in [-0.4, -0.2) is 30.2 Å². The second-order valence-corrected chi connectivity index (χ2v) is 7.30. The van der Waals surface area contributed by atoms with Crippen LogP contribution in [0.4, 0.5) is 10.5 Å². The van der Waals surface area contributed by atoms with E-state index in [4.69, 9.17) is 16.3 Å². The number of rotatable bonds is 2. The number of ether oxygens (including phenoxy) is 1. The van der Waals surface area contributed by atoms with Crippen LogP contribution in [0.15, 0.2) is 42.5 Å². The molecular weight excluding hydrogens is 336 g/mol. The fourth-order valence-corrected chi connectivity index (χ4v) is 3.76. The summed E-state index contributed by atoms with van der Waals surface area (Å²) in [6.45, 7) is 5.14. The summed E-state index contributed by atoms with van der Waals surface area (Å²) in [5.41, 5.74) is 4.56. The smallest absolute Gasteiger partial charge is 0.414 e. The zero-order chi connectivity index (χ0) is 17.4. The summed E-state index contributed by atoms with van der Waals surface area (Å²) in [7, 11) is 0. The van der Waals surface area contributed by atoms with Crippen LogP contribution in [0.2, 0.25) is 5.02 Å². The van der Waals surface area contributed by atoms with Gasteiger partial charge in [0.15, 0.2) is 0 Å². The molecule has 2 aliphatic heterocycles. The van der Waals surface area contributed by atoms with Crippen LogP contribution in [0.5, 0.6) is 0 Å². The first kappa shape index (κ1) is 16.4. The summed E-state index contributed by atoms with van der Waals surface area (Å²) in [6.07, 6.45) is 0.690. The Morgan fingerprint density at radius 1 is 1.20 bits per heavy atom. The van der Waals surface area contributed by atoms with Gasteiger partial charge in [-0.3, -0.25) is 9.80 Å². The van der Waals surface area contributed by atoms with Crippen molar-refractivity contribution < 1.29 is 9.53 Å². The van der Waals surface area contributed by atoms with Crippen molar-refractivity contribution in [1.29, 1.82) is 0 Å². The second-order valence-electron chi connectivity index (χ2n) is 6.86. The van der Waals surface area contributed by atoms with Gasteiger partial charge < -0.3 is 4.74 Å². The minimum absolute atomic E-state index is 0.112. The van der Waals surface area contributed by atoms with Crippen molar-refractivity contribution in [2.24, 2.45) is 0 Å². The number of halogens is 1. The highest BCUT2D eigenvalue weighted by Gasteiger charge is 2.37. The molecule has 130 valence electrons. The van der Waals surface area contributed by atoms with E-state index in [0.717, 1.165) is 42.3 Å². The van der Waals surface area contributed by atoms with Crippen LogP contribution in [0.1, 0.15) is 23.1 Å². The number of benzene rings is 2. The SMILES string of the molecule is Cc1ccc2c(c1)N1C(=O)OC[C@@H]1CCN(Cc1ccc(Cl)cc1)C2. The van der Waals surface area contributed by atoms with Gasteiger partial charge >= 0.3 is 6.09 Å². The van der Waals surface area contributed by atoms with E-state index in [9.17, 15) is 4.79 Å². The number of fused-ring (bicyclic) bond motifs is 3. The summed E-state index contributed by atoms with van der Waals surface area (Å²) in [6, 6.07) is 14.5. The molecule has 0 aliphatic carbocycles. The number of carbonyl (C=O) groups excluding carboxylic acids is 1. The fourth-order valence-electron chi connectivity index (χ4n) is 3.63. The predicted molar refractivity (Wildman–Crippen MR) is 99.0 cm³/mol. The van der Waals surface area contributed by atoms with Crippen molar-refractivity contribution in [3.8, 4) is 0 Å². The third-order valence-electron chi connectivity index (χ3n) is 4.95. The Morgan fingerprint density at radius 2 is 2.00 bits per heavy atom. The van der Waals surface area contributed by atoms with Crippen molar-refractivity contribution in [3.05, 3.63) is 64.2 Å². The molecule has 1 amide bonds. The maximum Gasteiger partial charge on any atom is 0.414 e. The lowest BCUT2D eigenvalue weighted by atomic mass is 10.0. The number of hydrogen-bond acceptors (Lipinski definition) is 3. The molecule has 25 heavy (non-hydrogen) atoms. The van der Waals surface area contributed by atoms with E-state index in [2.05, 4.69) is 42.2 Å². The number of aryl methyl sites for hydroxylation is 1. The van der Waals surface area contributed by atoms with E-state index < -0.39 is 0 Å². The summed E-state index contributed by atoms with van der Waals surface area (Å²) >= 11 is 5.99. The van der Waals surface area contributed by atoms with Crippen LogP contribution in [-0.2, 0) is 17.8 Å². The Hall–Kier alpha value is -2.04. The molecule has 2 aromatic carbocycles. The third kappa shape index (κ3) is 3.37. The summed E-state index contributed by atoms with van der Waals surface area (Å²) in [5.74, 6) is 0. The number of cyclic esters (lactones) is 1. The van der Waals surface area contributed by atoms with Crippen molar-refractivity contribution in [2.75, 3.05) is 18.1 Å². The zero-order valence-electron chi connectivity index (χ0n) is 14.2. The van der Waals surface area contributed by atoms with Gasteiger partial charge in [0.25, 0.3) is 0 Å². The minimum Gasteiger partial charge on any atom is -0.447 e. The normalized spacial score (nSPS) is 20.5. The van der Waals surface area contributed by atoms with Gasteiger partial charge in [-0.25, -0.2) is 4.79 Å². The third-order valence-corrected chi connectivity index (χ3v) is 5.21. The van der Waals surface area contributed by atoms with E-state index in [-0.39, 0.29) is 12.1 Å². The van der Waals surface area contributed by atoms with E-state index in [1.54, 1.807) is 0 Å². The number of anilines is 1. The molecule has 1 atom stereocenters. The van der Waals surface area contributed by atoms with Crippen LogP contribution in [0.25, 0.3) is 0 Å². The first-order valence-electron chi connectivity index (χ1n) is 8.62. The topological polar surface area (TPSA) is 32.8 Å². The van der Waals surface area contributed by atoms with Gasteiger partial charge in [0.05, 0.1) is 11.7 Å². The van der Waals surface area contributed by atoms with Crippen LogP contribution < -0.4 is 4.90 Å². The Kier molecular flexibility index (Phi) is 4.40. The molecule has 0 aromatic heterocycles. The van der Waals surface area contributed by atoms with E-state index in [1.165, 1.54) is 11.1 Å². The fraction of sp³-hybridized carbons (Fsp3) is 0.350. The van der Waals surface area contributed by atoms with Crippen molar-refractivity contribution in [3.63, 3.8) is 0 Å². The minimum atomic E-state index is -0.219. The lowest BCUT2D eigenvalue weighted by Crippen LogP contribution is -2.40. The zero-order valence-corrected chi connectivity index (χ0v) is 15.0. The number of carbonyl (C=O) groups is 1. The van der Waals surface area contributed by atoms with E-state index >= 15 is 0 Å². The summed E-state index contributed by atoms with van der Waals surface area (Å²) in [5, 5.41) is 0.759.